The van der Waals surface area contributed by atoms with Crippen molar-refractivity contribution < 1.29 is 4.79 Å². The van der Waals surface area contributed by atoms with Crippen molar-refractivity contribution in [2.24, 2.45) is 5.73 Å². The molecule has 0 spiro atoms. The van der Waals surface area contributed by atoms with E-state index in [9.17, 15) is 4.79 Å². The van der Waals surface area contributed by atoms with E-state index >= 15 is 0 Å². The van der Waals surface area contributed by atoms with E-state index in [0.29, 0.717) is 6.04 Å². The SMILES string of the molecule is CC(N)(C(=O)N1CCC(N2CCCC2)C1)c1ccccc1. The van der Waals surface area contributed by atoms with Crippen molar-refractivity contribution in [3.8, 4) is 0 Å². The molecule has 2 fully saturated rings. The number of hydrogen-bond acceptors (Lipinski definition) is 3. The van der Waals surface area contributed by atoms with E-state index in [1.165, 1.54) is 25.9 Å². The zero-order valence-corrected chi connectivity index (χ0v) is 12.8. The molecule has 0 bridgehead atoms. The van der Waals surface area contributed by atoms with Gasteiger partial charge in [-0.3, -0.25) is 9.69 Å². The van der Waals surface area contributed by atoms with Crippen molar-refractivity contribution >= 4 is 5.91 Å². The Hall–Kier alpha value is -1.39. The summed E-state index contributed by atoms with van der Waals surface area (Å²) in [4.78, 5) is 17.3. The maximum absolute atomic E-state index is 12.8. The van der Waals surface area contributed by atoms with Crippen LogP contribution in [0.3, 0.4) is 0 Å². The summed E-state index contributed by atoms with van der Waals surface area (Å²) < 4.78 is 0. The van der Waals surface area contributed by atoms with Gasteiger partial charge in [-0.1, -0.05) is 30.3 Å². The van der Waals surface area contributed by atoms with Crippen LogP contribution in [0.5, 0.6) is 0 Å². The second-order valence-corrected chi connectivity index (χ2v) is 6.51. The highest BCUT2D eigenvalue weighted by Crippen LogP contribution is 2.25. The van der Waals surface area contributed by atoms with Crippen LogP contribution in [0.4, 0.5) is 0 Å². The van der Waals surface area contributed by atoms with Crippen LogP contribution in [0.1, 0.15) is 31.7 Å². The fraction of sp³-hybridized carbons (Fsp3) is 0.588. The van der Waals surface area contributed by atoms with Gasteiger partial charge in [0.05, 0.1) is 0 Å². The lowest BCUT2D eigenvalue weighted by molar-refractivity contribution is -0.135. The van der Waals surface area contributed by atoms with E-state index in [1.54, 1.807) is 0 Å². The van der Waals surface area contributed by atoms with Gasteiger partial charge < -0.3 is 10.6 Å². The van der Waals surface area contributed by atoms with Gasteiger partial charge in [-0.25, -0.2) is 0 Å². The molecule has 3 rings (SSSR count). The summed E-state index contributed by atoms with van der Waals surface area (Å²) in [7, 11) is 0. The van der Waals surface area contributed by atoms with E-state index < -0.39 is 5.54 Å². The standard InChI is InChI=1S/C17H25N3O/c1-17(18,14-7-3-2-4-8-14)16(21)20-12-9-15(13-20)19-10-5-6-11-19/h2-4,7-8,15H,5-6,9-13,18H2,1H3. The number of hydrogen-bond donors (Lipinski definition) is 1. The Kier molecular flexibility index (Phi) is 4.00. The van der Waals surface area contributed by atoms with Crippen LogP contribution in [0, 0.1) is 0 Å². The Bertz CT molecular complexity index is 494. The molecule has 4 heteroatoms. The van der Waals surface area contributed by atoms with Gasteiger partial charge in [0.2, 0.25) is 5.91 Å². The molecular formula is C17H25N3O. The summed E-state index contributed by atoms with van der Waals surface area (Å²) in [5.41, 5.74) is 6.31. The predicted octanol–water partition coefficient (Wildman–Crippen LogP) is 1.56. The Balaban J connectivity index is 1.68. The van der Waals surface area contributed by atoms with E-state index in [2.05, 4.69) is 4.90 Å². The van der Waals surface area contributed by atoms with Gasteiger partial charge in [-0.15, -0.1) is 0 Å². The van der Waals surface area contributed by atoms with Crippen molar-refractivity contribution in [1.29, 1.82) is 0 Å². The highest BCUT2D eigenvalue weighted by Gasteiger charge is 2.39. The van der Waals surface area contributed by atoms with Crippen LogP contribution >= 0.6 is 0 Å². The average molecular weight is 287 g/mol. The number of rotatable bonds is 3. The first-order valence-electron chi connectivity index (χ1n) is 7.97. The van der Waals surface area contributed by atoms with Crippen LogP contribution in [0.15, 0.2) is 30.3 Å². The molecule has 2 aliphatic heterocycles. The van der Waals surface area contributed by atoms with Crippen molar-refractivity contribution in [2.75, 3.05) is 26.2 Å². The van der Waals surface area contributed by atoms with Gasteiger partial charge in [0.25, 0.3) is 0 Å². The quantitative estimate of drug-likeness (QED) is 0.918. The third-order valence-corrected chi connectivity index (χ3v) is 4.93. The molecule has 2 atom stereocenters. The number of carbonyl (C=O) groups excluding carboxylic acids is 1. The summed E-state index contributed by atoms with van der Waals surface area (Å²) in [5.74, 6) is 0.0513. The minimum absolute atomic E-state index is 0.0513. The number of likely N-dealkylation sites (tertiary alicyclic amines) is 2. The van der Waals surface area contributed by atoms with Gasteiger partial charge in [-0.05, 0) is 44.8 Å². The smallest absolute Gasteiger partial charge is 0.247 e. The average Bonchev–Trinajstić information content (AvgIpc) is 3.18. The number of nitrogens with two attached hydrogens (primary N) is 1. The van der Waals surface area contributed by atoms with Crippen molar-refractivity contribution in [3.63, 3.8) is 0 Å². The van der Waals surface area contributed by atoms with E-state index in [1.807, 2.05) is 42.2 Å². The normalized spacial score (nSPS) is 26.0. The molecule has 0 saturated carbocycles. The fourth-order valence-electron chi connectivity index (χ4n) is 3.57. The summed E-state index contributed by atoms with van der Waals surface area (Å²) >= 11 is 0. The largest absolute Gasteiger partial charge is 0.339 e. The third-order valence-electron chi connectivity index (χ3n) is 4.93. The molecule has 0 radical (unpaired) electrons. The second kappa shape index (κ2) is 5.78. The summed E-state index contributed by atoms with van der Waals surface area (Å²) in [6.45, 7) is 5.86. The van der Waals surface area contributed by atoms with E-state index in [4.69, 9.17) is 5.73 Å². The first-order chi connectivity index (χ1) is 10.1. The molecule has 1 aromatic carbocycles. The first-order valence-corrected chi connectivity index (χ1v) is 7.97. The van der Waals surface area contributed by atoms with E-state index in [-0.39, 0.29) is 5.91 Å². The molecule has 0 aromatic heterocycles. The molecule has 0 aliphatic carbocycles. The van der Waals surface area contributed by atoms with Crippen molar-refractivity contribution in [2.45, 2.75) is 37.8 Å². The molecule has 2 aliphatic rings. The zero-order chi connectivity index (χ0) is 14.9. The van der Waals surface area contributed by atoms with Crippen molar-refractivity contribution in [3.05, 3.63) is 35.9 Å². The van der Waals surface area contributed by atoms with Gasteiger partial charge in [-0.2, -0.15) is 0 Å². The van der Waals surface area contributed by atoms with Gasteiger partial charge in [0, 0.05) is 19.1 Å². The number of nitrogens with zero attached hydrogens (tertiary/aromatic N) is 2. The predicted molar refractivity (Wildman–Crippen MR) is 83.8 cm³/mol. The number of carbonyl (C=O) groups is 1. The van der Waals surface area contributed by atoms with Crippen molar-refractivity contribution in [1.82, 2.24) is 9.80 Å². The van der Waals surface area contributed by atoms with E-state index in [0.717, 1.165) is 25.1 Å². The lowest BCUT2D eigenvalue weighted by Gasteiger charge is -2.30. The van der Waals surface area contributed by atoms with Crippen LogP contribution in [-0.2, 0) is 10.3 Å². The molecular weight excluding hydrogens is 262 g/mol. The van der Waals surface area contributed by atoms with Crippen LogP contribution < -0.4 is 5.73 Å². The van der Waals surface area contributed by atoms with Crippen LogP contribution in [0.2, 0.25) is 0 Å². The Morgan fingerprint density at radius 2 is 1.86 bits per heavy atom. The second-order valence-electron chi connectivity index (χ2n) is 6.51. The highest BCUT2D eigenvalue weighted by atomic mass is 16.2. The van der Waals surface area contributed by atoms with Gasteiger partial charge in [0.1, 0.15) is 5.54 Å². The first kappa shape index (κ1) is 14.5. The minimum atomic E-state index is -0.929. The molecule has 4 nitrogen and oxygen atoms in total. The number of amides is 1. The molecule has 2 heterocycles. The molecule has 1 aromatic rings. The maximum Gasteiger partial charge on any atom is 0.247 e. The molecule has 2 saturated heterocycles. The Morgan fingerprint density at radius 3 is 2.52 bits per heavy atom. The Labute approximate surface area is 126 Å². The topological polar surface area (TPSA) is 49.6 Å². The maximum atomic E-state index is 12.8. The van der Waals surface area contributed by atoms with Gasteiger partial charge in [0.15, 0.2) is 0 Å². The summed E-state index contributed by atoms with van der Waals surface area (Å²) in [6, 6.07) is 10.2. The lowest BCUT2D eigenvalue weighted by atomic mass is 9.92. The fourth-order valence-corrected chi connectivity index (χ4v) is 3.57. The van der Waals surface area contributed by atoms with Gasteiger partial charge >= 0.3 is 0 Å². The van der Waals surface area contributed by atoms with Crippen LogP contribution in [0.25, 0.3) is 0 Å². The third kappa shape index (κ3) is 2.83. The number of benzene rings is 1. The molecule has 1 amide bonds. The van der Waals surface area contributed by atoms with Crippen LogP contribution in [-0.4, -0.2) is 47.9 Å². The lowest BCUT2D eigenvalue weighted by Crippen LogP contribution is -2.51. The molecule has 114 valence electrons. The Morgan fingerprint density at radius 1 is 1.19 bits per heavy atom. The molecule has 2 N–H and O–H groups in total. The zero-order valence-electron chi connectivity index (χ0n) is 12.8. The summed E-state index contributed by atoms with van der Waals surface area (Å²) in [6.07, 6.45) is 3.67. The highest BCUT2D eigenvalue weighted by molar-refractivity contribution is 5.87. The summed E-state index contributed by atoms with van der Waals surface area (Å²) in [5, 5.41) is 0. The molecule has 2 unspecified atom stereocenters. The minimum Gasteiger partial charge on any atom is -0.339 e. The monoisotopic (exact) mass is 287 g/mol. The molecule has 21 heavy (non-hydrogen) atoms.